The van der Waals surface area contributed by atoms with Gasteiger partial charge in [0.2, 0.25) is 0 Å². The Morgan fingerprint density at radius 1 is 1.10 bits per heavy atom. The van der Waals surface area contributed by atoms with Crippen molar-refractivity contribution in [2.24, 2.45) is 5.41 Å². The van der Waals surface area contributed by atoms with Gasteiger partial charge in [0, 0.05) is 0 Å². The highest BCUT2D eigenvalue weighted by Gasteiger charge is 2.41. The van der Waals surface area contributed by atoms with Crippen LogP contribution in [0.3, 0.4) is 0 Å². The number of nitriles is 1. The molecule has 0 saturated carbocycles. The van der Waals surface area contributed by atoms with Gasteiger partial charge in [0.15, 0.2) is 0 Å². The Bertz CT molecular complexity index is 912. The normalized spacial score (nSPS) is 15.2. The third-order valence-corrected chi connectivity index (χ3v) is 6.75. The average molecular weight is 430 g/mol. The molecule has 2 aromatic rings. The molecule has 0 fully saturated rings. The Hall–Kier alpha value is -2.81. The molecule has 0 heterocycles. The van der Waals surface area contributed by atoms with Gasteiger partial charge in [0.1, 0.15) is 18.1 Å². The predicted octanol–water partition coefficient (Wildman–Crippen LogP) is 5.49. The van der Waals surface area contributed by atoms with Crippen molar-refractivity contribution in [2.45, 2.75) is 46.2 Å². The smallest absolute Gasteiger partial charge is 0.408 e. The molecule has 2 unspecified atom stereocenters. The van der Waals surface area contributed by atoms with E-state index in [1.165, 1.54) is 6.92 Å². The highest BCUT2D eigenvalue weighted by Crippen LogP contribution is 2.54. The minimum absolute atomic E-state index is 0.0714. The van der Waals surface area contributed by atoms with E-state index in [9.17, 15) is 14.6 Å². The molecule has 0 spiro atoms. The molecule has 0 saturated heterocycles. The number of nitrogens with one attached hydrogen (secondary N) is 1. The molecule has 30 heavy (non-hydrogen) atoms. The molecule has 0 bridgehead atoms. The number of nitrogens with zero attached hydrogens (tertiary/aromatic N) is 1. The Labute approximate surface area is 177 Å². The van der Waals surface area contributed by atoms with Crippen molar-refractivity contribution in [2.75, 3.05) is 0 Å². The average Bonchev–Trinajstić information content (AvgIpc) is 2.73. The standard InChI is InChI=1S/C22H27N2O5P/c1-17(22(3,4)16-23)28-30(26,29-20-13-9-6-10-14-20)18(2)24-21(25)27-15-19-11-7-5-8-12-19/h5-14,17-18H,15H2,1-4H3,(H,24,25)/t17-,18?,30?/m0/s1. The van der Waals surface area contributed by atoms with Crippen molar-refractivity contribution >= 4 is 13.7 Å². The number of alkyl carbamates (subject to hydrolysis) is 1. The van der Waals surface area contributed by atoms with Crippen LogP contribution in [-0.4, -0.2) is 18.0 Å². The summed E-state index contributed by atoms with van der Waals surface area (Å²) in [5, 5.41) is 11.9. The fourth-order valence-electron chi connectivity index (χ4n) is 2.28. The molecule has 0 aliphatic heterocycles. The summed E-state index contributed by atoms with van der Waals surface area (Å²) in [4.78, 5) is 12.2. The number of rotatable bonds is 9. The van der Waals surface area contributed by atoms with E-state index in [-0.39, 0.29) is 6.61 Å². The van der Waals surface area contributed by atoms with Gasteiger partial charge >= 0.3 is 13.7 Å². The van der Waals surface area contributed by atoms with Crippen molar-refractivity contribution in [3.05, 3.63) is 66.2 Å². The van der Waals surface area contributed by atoms with E-state index in [2.05, 4.69) is 11.4 Å². The fraction of sp³-hybridized carbons (Fsp3) is 0.364. The second kappa shape index (κ2) is 10.3. The molecule has 3 atom stereocenters. The molecule has 0 aromatic heterocycles. The number of ether oxygens (including phenoxy) is 1. The molecule has 160 valence electrons. The summed E-state index contributed by atoms with van der Waals surface area (Å²) < 4.78 is 30.3. The van der Waals surface area contributed by atoms with Crippen molar-refractivity contribution in [3.63, 3.8) is 0 Å². The molecular formula is C22H27N2O5P. The molecular weight excluding hydrogens is 403 g/mol. The minimum atomic E-state index is -3.91. The van der Waals surface area contributed by atoms with Crippen LogP contribution in [-0.2, 0) is 20.4 Å². The maximum Gasteiger partial charge on any atom is 0.408 e. The first kappa shape index (κ1) is 23.5. The predicted molar refractivity (Wildman–Crippen MR) is 114 cm³/mol. The number of benzene rings is 2. The van der Waals surface area contributed by atoms with E-state index in [0.29, 0.717) is 5.75 Å². The van der Waals surface area contributed by atoms with Gasteiger partial charge in [0.05, 0.1) is 17.6 Å². The topological polar surface area (TPSA) is 97.7 Å². The monoisotopic (exact) mass is 430 g/mol. The van der Waals surface area contributed by atoms with E-state index < -0.39 is 31.0 Å². The zero-order chi connectivity index (χ0) is 22.2. The molecule has 8 heteroatoms. The van der Waals surface area contributed by atoms with Crippen LogP contribution in [0.25, 0.3) is 0 Å². The maximum atomic E-state index is 13.6. The highest BCUT2D eigenvalue weighted by atomic mass is 31.2. The van der Waals surface area contributed by atoms with Crippen molar-refractivity contribution in [3.8, 4) is 11.8 Å². The Morgan fingerprint density at radius 3 is 2.23 bits per heavy atom. The fourth-order valence-corrected chi connectivity index (χ4v) is 4.04. The third-order valence-electron chi connectivity index (χ3n) is 4.60. The second-order valence-electron chi connectivity index (χ2n) is 7.41. The number of hydrogen-bond acceptors (Lipinski definition) is 6. The molecule has 0 radical (unpaired) electrons. The SMILES string of the molecule is CC(NC(=O)OCc1ccccc1)P(=O)(Oc1ccccc1)O[C@@H](C)C(C)(C)C#N. The number of carbonyl (C=O) groups is 1. The lowest BCUT2D eigenvalue weighted by molar-refractivity contribution is 0.107. The van der Waals surface area contributed by atoms with Crippen LogP contribution >= 0.6 is 7.60 Å². The van der Waals surface area contributed by atoms with E-state index in [0.717, 1.165) is 5.56 Å². The van der Waals surface area contributed by atoms with Crippen molar-refractivity contribution < 1.29 is 23.1 Å². The molecule has 1 amide bonds. The van der Waals surface area contributed by atoms with Gasteiger partial charge in [-0.2, -0.15) is 5.26 Å². The zero-order valence-corrected chi connectivity index (χ0v) is 18.5. The lowest BCUT2D eigenvalue weighted by Crippen LogP contribution is -2.37. The van der Waals surface area contributed by atoms with Crippen LogP contribution in [0.4, 0.5) is 4.79 Å². The molecule has 0 aliphatic carbocycles. The molecule has 1 N–H and O–H groups in total. The summed E-state index contributed by atoms with van der Waals surface area (Å²) in [6.45, 7) is 6.58. The van der Waals surface area contributed by atoms with E-state index in [4.69, 9.17) is 13.8 Å². The number of hydrogen-bond donors (Lipinski definition) is 1. The van der Waals surface area contributed by atoms with Crippen LogP contribution in [0.1, 0.15) is 33.3 Å². The molecule has 2 aromatic carbocycles. The van der Waals surface area contributed by atoms with Crippen LogP contribution in [0, 0.1) is 16.7 Å². The van der Waals surface area contributed by atoms with Gasteiger partial charge in [-0.25, -0.2) is 9.36 Å². The summed E-state index contributed by atoms with van der Waals surface area (Å²) in [5.41, 5.74) is -0.0897. The first-order valence-electron chi connectivity index (χ1n) is 9.57. The van der Waals surface area contributed by atoms with Gasteiger partial charge in [-0.3, -0.25) is 4.52 Å². The number of para-hydroxylation sites is 1. The lowest BCUT2D eigenvalue weighted by atomic mass is 9.90. The van der Waals surface area contributed by atoms with Crippen LogP contribution in [0.15, 0.2) is 60.7 Å². The Kier molecular flexibility index (Phi) is 8.05. The highest BCUT2D eigenvalue weighted by molar-refractivity contribution is 7.55. The summed E-state index contributed by atoms with van der Waals surface area (Å²) in [6, 6.07) is 19.9. The largest absolute Gasteiger partial charge is 0.445 e. The van der Waals surface area contributed by atoms with Gasteiger partial charge in [0.25, 0.3) is 0 Å². The van der Waals surface area contributed by atoms with Gasteiger partial charge < -0.3 is 14.6 Å². The zero-order valence-electron chi connectivity index (χ0n) is 17.6. The van der Waals surface area contributed by atoms with Crippen molar-refractivity contribution in [1.82, 2.24) is 5.32 Å². The summed E-state index contributed by atoms with van der Waals surface area (Å²) in [7, 11) is -3.91. The first-order chi connectivity index (χ1) is 14.2. The Balaban J connectivity index is 2.12. The third kappa shape index (κ3) is 6.62. The van der Waals surface area contributed by atoms with Gasteiger partial charge in [-0.1, -0.05) is 48.5 Å². The van der Waals surface area contributed by atoms with E-state index in [1.807, 2.05) is 30.3 Å². The van der Waals surface area contributed by atoms with E-state index >= 15 is 0 Å². The lowest BCUT2D eigenvalue weighted by Gasteiger charge is -2.31. The van der Waals surface area contributed by atoms with Gasteiger partial charge in [-0.05, 0) is 45.4 Å². The quantitative estimate of drug-likeness (QED) is 0.529. The molecule has 0 aliphatic rings. The van der Waals surface area contributed by atoms with Crippen molar-refractivity contribution in [1.29, 1.82) is 5.26 Å². The molecule has 7 nitrogen and oxygen atoms in total. The van der Waals surface area contributed by atoms with Gasteiger partial charge in [-0.15, -0.1) is 0 Å². The van der Waals surface area contributed by atoms with E-state index in [1.54, 1.807) is 51.1 Å². The summed E-state index contributed by atoms with van der Waals surface area (Å²) in [5.74, 6) is -0.688. The van der Waals surface area contributed by atoms with Crippen LogP contribution in [0.5, 0.6) is 5.75 Å². The maximum absolute atomic E-state index is 13.6. The summed E-state index contributed by atoms with van der Waals surface area (Å²) in [6.07, 6.45) is -1.47. The van der Waals surface area contributed by atoms with Crippen LogP contribution < -0.4 is 9.84 Å². The number of amides is 1. The second-order valence-corrected chi connectivity index (χ2v) is 9.66. The molecule has 2 rings (SSSR count). The Morgan fingerprint density at radius 2 is 1.67 bits per heavy atom. The van der Waals surface area contributed by atoms with Crippen LogP contribution in [0.2, 0.25) is 0 Å². The minimum Gasteiger partial charge on any atom is -0.445 e. The first-order valence-corrected chi connectivity index (χ1v) is 11.2. The number of carbonyl (C=O) groups excluding carboxylic acids is 1. The summed E-state index contributed by atoms with van der Waals surface area (Å²) >= 11 is 0.